The highest BCUT2D eigenvalue weighted by atomic mass is 79.9. The molecule has 2 N–H and O–H groups in total. The second kappa shape index (κ2) is 9.09. The summed E-state index contributed by atoms with van der Waals surface area (Å²) in [5.74, 6) is 1.89. The third-order valence-corrected chi connectivity index (χ3v) is 5.64. The maximum absolute atomic E-state index is 10.6. The van der Waals surface area contributed by atoms with Crippen LogP contribution in [0.3, 0.4) is 0 Å². The van der Waals surface area contributed by atoms with Gasteiger partial charge in [-0.15, -0.1) is 0 Å². The topological polar surface area (TPSA) is 67.4 Å². The van der Waals surface area contributed by atoms with Gasteiger partial charge >= 0.3 is 0 Å². The maximum Gasteiger partial charge on any atom is 0.173 e. The molecule has 0 saturated carbocycles. The summed E-state index contributed by atoms with van der Waals surface area (Å²) in [7, 11) is 0. The average molecular weight is 493 g/mol. The molecule has 0 saturated heterocycles. The molecule has 0 spiro atoms. The summed E-state index contributed by atoms with van der Waals surface area (Å²) in [6, 6.07) is 21.1. The number of phenolic OH excluding ortho intramolecular Hbond substituents is 1. The highest BCUT2D eigenvalue weighted by Crippen LogP contribution is 2.38. The second-order valence-corrected chi connectivity index (χ2v) is 9.50. The largest absolute Gasteiger partial charge is 0.507 e. The zero-order valence-electron chi connectivity index (χ0n) is 18.2. The number of aromatic hydroxyl groups is 1. The van der Waals surface area contributed by atoms with Crippen LogP contribution < -0.4 is 9.47 Å². The van der Waals surface area contributed by atoms with Gasteiger partial charge in [-0.05, 0) is 52.9 Å². The molecule has 3 aromatic carbocycles. The highest BCUT2D eigenvalue weighted by Gasteiger charge is 2.16. The fourth-order valence-electron chi connectivity index (χ4n) is 3.26. The molecule has 0 radical (unpaired) electrons. The van der Waals surface area contributed by atoms with E-state index in [4.69, 9.17) is 9.47 Å². The van der Waals surface area contributed by atoms with Gasteiger partial charge in [0, 0.05) is 16.1 Å². The van der Waals surface area contributed by atoms with Gasteiger partial charge in [0.05, 0.1) is 6.20 Å². The zero-order valence-corrected chi connectivity index (χ0v) is 19.8. The Labute approximate surface area is 196 Å². The smallest absolute Gasteiger partial charge is 0.173 e. The number of nitrogens with zero attached hydrogens (tertiary/aromatic N) is 1. The van der Waals surface area contributed by atoms with E-state index in [1.807, 2.05) is 42.5 Å². The number of hydrogen-bond donors (Lipinski definition) is 2. The number of halogens is 1. The van der Waals surface area contributed by atoms with Crippen molar-refractivity contribution in [1.82, 2.24) is 10.2 Å². The number of H-pyrrole nitrogens is 1. The molecule has 0 aliphatic carbocycles. The summed E-state index contributed by atoms with van der Waals surface area (Å²) in [5.41, 5.74) is 3.53. The van der Waals surface area contributed by atoms with Crippen molar-refractivity contribution < 1.29 is 14.6 Å². The lowest BCUT2D eigenvalue weighted by atomic mass is 9.87. The molecular weight excluding hydrogens is 468 g/mol. The van der Waals surface area contributed by atoms with Crippen molar-refractivity contribution in [3.05, 3.63) is 88.5 Å². The fraction of sp³-hybridized carbons (Fsp3) is 0.192. The zero-order chi connectivity index (χ0) is 22.7. The Hall–Kier alpha value is -3.25. The van der Waals surface area contributed by atoms with Crippen LogP contribution in [-0.4, -0.2) is 15.3 Å². The maximum atomic E-state index is 10.6. The Morgan fingerprint density at radius 3 is 2.28 bits per heavy atom. The first-order valence-electron chi connectivity index (χ1n) is 10.3. The molecule has 1 heterocycles. The van der Waals surface area contributed by atoms with Crippen molar-refractivity contribution >= 4 is 15.9 Å². The van der Waals surface area contributed by atoms with Gasteiger partial charge in [0.2, 0.25) is 0 Å². The molecule has 1 aromatic heterocycles. The van der Waals surface area contributed by atoms with Gasteiger partial charge in [0.25, 0.3) is 0 Å². The predicted molar refractivity (Wildman–Crippen MR) is 129 cm³/mol. The normalized spacial score (nSPS) is 11.4. The van der Waals surface area contributed by atoms with Crippen LogP contribution >= 0.6 is 15.9 Å². The minimum absolute atomic E-state index is 0.0757. The number of hydrogen-bond acceptors (Lipinski definition) is 4. The molecule has 164 valence electrons. The van der Waals surface area contributed by atoms with Crippen LogP contribution in [0.4, 0.5) is 0 Å². The van der Waals surface area contributed by atoms with Gasteiger partial charge in [-0.3, -0.25) is 5.10 Å². The number of aromatic nitrogens is 2. The fourth-order valence-corrected chi connectivity index (χ4v) is 3.52. The van der Waals surface area contributed by atoms with Gasteiger partial charge < -0.3 is 14.6 Å². The number of benzene rings is 3. The molecule has 0 atom stereocenters. The Morgan fingerprint density at radius 1 is 0.938 bits per heavy atom. The number of rotatable bonds is 6. The lowest BCUT2D eigenvalue weighted by molar-refractivity contribution is 0.304. The quantitative estimate of drug-likeness (QED) is 0.298. The number of aromatic amines is 1. The third-order valence-electron chi connectivity index (χ3n) is 5.11. The van der Waals surface area contributed by atoms with Gasteiger partial charge in [0.1, 0.15) is 29.5 Å². The van der Waals surface area contributed by atoms with Gasteiger partial charge in [-0.25, -0.2) is 0 Å². The van der Waals surface area contributed by atoms with Crippen molar-refractivity contribution in [3.8, 4) is 34.3 Å². The van der Waals surface area contributed by atoms with Crippen molar-refractivity contribution in [1.29, 1.82) is 0 Å². The monoisotopic (exact) mass is 492 g/mol. The Kier molecular flexibility index (Phi) is 6.24. The molecule has 0 fully saturated rings. The molecule has 0 aliphatic rings. The lowest BCUT2D eigenvalue weighted by Crippen LogP contribution is -2.10. The van der Waals surface area contributed by atoms with Crippen LogP contribution in [0.25, 0.3) is 11.3 Å². The van der Waals surface area contributed by atoms with E-state index in [1.165, 1.54) is 5.56 Å². The van der Waals surface area contributed by atoms with Gasteiger partial charge in [0.15, 0.2) is 5.75 Å². The summed E-state index contributed by atoms with van der Waals surface area (Å²) in [6.07, 6.45) is 1.60. The summed E-state index contributed by atoms with van der Waals surface area (Å²) >= 11 is 3.42. The lowest BCUT2D eigenvalue weighted by Gasteiger charge is -2.19. The first-order chi connectivity index (χ1) is 15.3. The highest BCUT2D eigenvalue weighted by molar-refractivity contribution is 9.10. The van der Waals surface area contributed by atoms with Gasteiger partial charge in [-0.2, -0.15) is 5.10 Å². The summed E-state index contributed by atoms with van der Waals surface area (Å²) in [4.78, 5) is 0. The number of ether oxygens (including phenoxy) is 2. The molecule has 0 amide bonds. The first kappa shape index (κ1) is 22.0. The standard InChI is InChI=1S/C26H25BrN2O3/c1-26(2,3)18-6-10-20(11-7-18)32-24-15-28-29-25(24)22-13-12-21(14-23(22)30)31-16-17-4-8-19(27)9-5-17/h4-15,30H,16H2,1-3H3,(H,28,29). The summed E-state index contributed by atoms with van der Waals surface area (Å²) in [6.45, 7) is 6.93. The molecule has 5 nitrogen and oxygen atoms in total. The minimum Gasteiger partial charge on any atom is -0.507 e. The SMILES string of the molecule is CC(C)(C)c1ccc(Oc2cn[nH]c2-c2ccc(OCc3ccc(Br)cc3)cc2O)cc1. The summed E-state index contributed by atoms with van der Waals surface area (Å²) in [5, 5.41) is 17.6. The molecule has 32 heavy (non-hydrogen) atoms. The van der Waals surface area contributed by atoms with Crippen molar-refractivity contribution in [3.63, 3.8) is 0 Å². The van der Waals surface area contributed by atoms with E-state index in [9.17, 15) is 5.11 Å². The van der Waals surface area contributed by atoms with Crippen LogP contribution in [0.1, 0.15) is 31.9 Å². The van der Waals surface area contributed by atoms with E-state index in [0.29, 0.717) is 35.1 Å². The molecule has 4 aromatic rings. The second-order valence-electron chi connectivity index (χ2n) is 8.58. The van der Waals surface area contributed by atoms with E-state index < -0.39 is 0 Å². The average Bonchev–Trinajstić information content (AvgIpc) is 3.21. The van der Waals surface area contributed by atoms with Gasteiger partial charge in [-0.1, -0.05) is 61.0 Å². The Balaban J connectivity index is 1.48. The predicted octanol–water partition coefficient (Wildman–Crippen LogP) is 7.21. The van der Waals surface area contributed by atoms with E-state index in [0.717, 1.165) is 10.0 Å². The first-order valence-corrected chi connectivity index (χ1v) is 11.1. The number of phenols is 1. The molecule has 0 unspecified atom stereocenters. The molecule has 4 rings (SSSR count). The van der Waals surface area contributed by atoms with Crippen LogP contribution in [0, 0.1) is 0 Å². The van der Waals surface area contributed by atoms with E-state index in [1.54, 1.807) is 18.3 Å². The van der Waals surface area contributed by atoms with Crippen molar-refractivity contribution in [2.24, 2.45) is 0 Å². The molecular formula is C26H25BrN2O3. The number of nitrogens with one attached hydrogen (secondary N) is 1. The Morgan fingerprint density at radius 2 is 1.62 bits per heavy atom. The van der Waals surface area contributed by atoms with Crippen LogP contribution in [0.2, 0.25) is 0 Å². The Bertz CT molecular complexity index is 1190. The minimum atomic E-state index is 0.0757. The van der Waals surface area contributed by atoms with E-state index in [2.05, 4.69) is 59.0 Å². The van der Waals surface area contributed by atoms with Crippen molar-refractivity contribution in [2.75, 3.05) is 0 Å². The summed E-state index contributed by atoms with van der Waals surface area (Å²) < 4.78 is 12.9. The molecule has 6 heteroatoms. The third kappa shape index (κ3) is 5.14. The molecule has 0 aliphatic heterocycles. The van der Waals surface area contributed by atoms with Crippen LogP contribution in [0.15, 0.2) is 77.4 Å². The van der Waals surface area contributed by atoms with Crippen molar-refractivity contribution in [2.45, 2.75) is 32.8 Å². The van der Waals surface area contributed by atoms with E-state index in [-0.39, 0.29) is 11.2 Å². The molecule has 0 bridgehead atoms. The van der Waals surface area contributed by atoms with Crippen LogP contribution in [-0.2, 0) is 12.0 Å². The van der Waals surface area contributed by atoms with Crippen LogP contribution in [0.5, 0.6) is 23.0 Å². The van der Waals surface area contributed by atoms with E-state index >= 15 is 0 Å².